The van der Waals surface area contributed by atoms with Crippen molar-refractivity contribution in [3.8, 4) is 0 Å². The first-order valence-corrected chi connectivity index (χ1v) is 11.4. The number of hydrogen-bond donors (Lipinski definition) is 1. The summed E-state index contributed by atoms with van der Waals surface area (Å²) in [5, 5.41) is 6.64. The maximum atomic E-state index is 13.2. The molecule has 1 aliphatic carbocycles. The van der Waals surface area contributed by atoms with E-state index >= 15 is 0 Å². The number of aromatic nitrogens is 2. The van der Waals surface area contributed by atoms with Gasteiger partial charge in [-0.25, -0.2) is 0 Å². The predicted octanol–water partition coefficient (Wildman–Crippen LogP) is 6.72. The molecule has 0 spiro atoms. The zero-order valence-corrected chi connectivity index (χ0v) is 18.7. The molecular weight excluding hydrogens is 491 g/mol. The Labute approximate surface area is 190 Å². The van der Waals surface area contributed by atoms with Gasteiger partial charge in [0.25, 0.3) is 0 Å². The van der Waals surface area contributed by atoms with Gasteiger partial charge in [-0.05, 0) is 53.0 Å². The number of rotatable bonds is 7. The van der Waals surface area contributed by atoms with E-state index in [9.17, 15) is 18.0 Å². The van der Waals surface area contributed by atoms with E-state index in [1.54, 1.807) is 0 Å². The van der Waals surface area contributed by atoms with Gasteiger partial charge in [-0.3, -0.25) is 9.48 Å². The van der Waals surface area contributed by atoms with Gasteiger partial charge in [0.05, 0.1) is 22.4 Å². The van der Waals surface area contributed by atoms with Gasteiger partial charge in [-0.1, -0.05) is 42.1 Å². The fraction of sp³-hybridized carbons (Fsp3) is 0.273. The summed E-state index contributed by atoms with van der Waals surface area (Å²) in [7, 11) is 0. The normalized spacial score (nSPS) is 13.9. The molecule has 2 aromatic carbocycles. The lowest BCUT2D eigenvalue weighted by molar-refractivity contribution is -0.142. The van der Waals surface area contributed by atoms with Crippen LogP contribution in [0.3, 0.4) is 0 Å². The Kier molecular flexibility index (Phi) is 6.43. The van der Waals surface area contributed by atoms with Crippen LogP contribution in [0.5, 0.6) is 0 Å². The highest BCUT2D eigenvalue weighted by Gasteiger charge is 2.41. The first kappa shape index (κ1) is 22.0. The molecule has 1 saturated carbocycles. The highest BCUT2D eigenvalue weighted by molar-refractivity contribution is 9.10. The lowest BCUT2D eigenvalue weighted by Gasteiger charge is -2.11. The molecule has 1 aliphatic rings. The van der Waals surface area contributed by atoms with E-state index in [-0.39, 0.29) is 29.3 Å². The Morgan fingerprint density at radius 3 is 2.48 bits per heavy atom. The second-order valence-corrected chi connectivity index (χ2v) is 9.16. The van der Waals surface area contributed by atoms with Gasteiger partial charge in [0.15, 0.2) is 5.69 Å². The van der Waals surface area contributed by atoms with Crippen LogP contribution in [0, 0.1) is 0 Å². The van der Waals surface area contributed by atoms with Crippen LogP contribution in [-0.4, -0.2) is 15.7 Å². The molecule has 4 nitrogen and oxygen atoms in total. The summed E-state index contributed by atoms with van der Waals surface area (Å²) in [4.78, 5) is 14.5. The van der Waals surface area contributed by atoms with E-state index in [4.69, 9.17) is 0 Å². The molecule has 3 aromatic rings. The lowest BCUT2D eigenvalue weighted by Crippen LogP contribution is -2.17. The molecule has 1 N–H and O–H groups in total. The number of carbonyl (C=O) groups excluding carboxylic acids is 1. The number of benzene rings is 2. The lowest BCUT2D eigenvalue weighted by atomic mass is 10.2. The number of anilines is 1. The van der Waals surface area contributed by atoms with E-state index in [0.29, 0.717) is 11.4 Å². The van der Waals surface area contributed by atoms with Crippen molar-refractivity contribution in [3.05, 3.63) is 70.5 Å². The Balaban J connectivity index is 1.45. The monoisotopic (exact) mass is 509 g/mol. The SMILES string of the molecule is O=C(CCn1nc(C(F)(F)F)c(Br)c1C1CC1)Nc1ccccc1Sc1ccccc1. The molecule has 0 aliphatic heterocycles. The number of nitrogens with one attached hydrogen (secondary N) is 1. The fourth-order valence-corrected chi connectivity index (χ4v) is 5.00. The molecule has 1 amide bonds. The zero-order chi connectivity index (χ0) is 22.0. The second kappa shape index (κ2) is 9.08. The molecular formula is C22H19BrF3N3OS. The number of hydrogen-bond acceptors (Lipinski definition) is 3. The van der Waals surface area contributed by atoms with E-state index in [0.717, 1.165) is 22.6 Å². The molecule has 0 atom stereocenters. The summed E-state index contributed by atoms with van der Waals surface area (Å²) >= 11 is 4.60. The number of para-hydroxylation sites is 1. The van der Waals surface area contributed by atoms with Gasteiger partial charge in [0.2, 0.25) is 5.91 Å². The van der Waals surface area contributed by atoms with Gasteiger partial charge in [0.1, 0.15) is 0 Å². The number of halogens is 4. The largest absolute Gasteiger partial charge is 0.436 e. The smallest absolute Gasteiger partial charge is 0.325 e. The zero-order valence-electron chi connectivity index (χ0n) is 16.3. The summed E-state index contributed by atoms with van der Waals surface area (Å²) in [5.41, 5.74) is 0.265. The van der Waals surface area contributed by atoms with Crippen LogP contribution in [-0.2, 0) is 17.5 Å². The van der Waals surface area contributed by atoms with E-state index in [1.165, 1.54) is 16.4 Å². The maximum absolute atomic E-state index is 13.2. The average molecular weight is 510 g/mol. The highest BCUT2D eigenvalue weighted by Crippen LogP contribution is 2.47. The van der Waals surface area contributed by atoms with Gasteiger partial charge in [-0.2, -0.15) is 18.3 Å². The molecule has 0 radical (unpaired) electrons. The summed E-state index contributed by atoms with van der Waals surface area (Å²) in [5.74, 6) is -0.216. The fourth-order valence-electron chi connectivity index (χ4n) is 3.25. The van der Waals surface area contributed by atoms with Crippen LogP contribution in [0.2, 0.25) is 0 Å². The van der Waals surface area contributed by atoms with Crippen molar-refractivity contribution in [2.75, 3.05) is 5.32 Å². The van der Waals surface area contributed by atoms with Gasteiger partial charge >= 0.3 is 6.18 Å². The minimum atomic E-state index is -4.54. The van der Waals surface area contributed by atoms with Crippen molar-refractivity contribution in [3.63, 3.8) is 0 Å². The van der Waals surface area contributed by atoms with Crippen LogP contribution in [0.1, 0.15) is 36.6 Å². The van der Waals surface area contributed by atoms with E-state index in [1.807, 2.05) is 54.6 Å². The minimum Gasteiger partial charge on any atom is -0.325 e. The molecule has 162 valence electrons. The number of aryl methyl sites for hydroxylation is 1. The number of nitrogens with zero attached hydrogens (tertiary/aromatic N) is 2. The minimum absolute atomic E-state index is 0.00693. The molecule has 0 saturated heterocycles. The van der Waals surface area contributed by atoms with E-state index < -0.39 is 11.9 Å². The van der Waals surface area contributed by atoms with Crippen LogP contribution < -0.4 is 5.32 Å². The van der Waals surface area contributed by atoms with Crippen LogP contribution >= 0.6 is 27.7 Å². The molecule has 9 heteroatoms. The van der Waals surface area contributed by atoms with Crippen LogP contribution in [0.4, 0.5) is 18.9 Å². The Hall–Kier alpha value is -2.26. The van der Waals surface area contributed by atoms with E-state index in [2.05, 4.69) is 26.3 Å². The highest BCUT2D eigenvalue weighted by atomic mass is 79.9. The number of amides is 1. The van der Waals surface area contributed by atoms with Crippen molar-refractivity contribution in [2.24, 2.45) is 0 Å². The Morgan fingerprint density at radius 2 is 1.81 bits per heavy atom. The molecule has 1 aromatic heterocycles. The average Bonchev–Trinajstić information content (AvgIpc) is 3.50. The predicted molar refractivity (Wildman–Crippen MR) is 117 cm³/mol. The van der Waals surface area contributed by atoms with Gasteiger partial charge < -0.3 is 5.32 Å². The molecule has 0 unspecified atom stereocenters. The van der Waals surface area contributed by atoms with Gasteiger partial charge in [-0.15, -0.1) is 0 Å². The summed E-state index contributed by atoms with van der Waals surface area (Å²) < 4.78 is 41.1. The van der Waals surface area contributed by atoms with Crippen molar-refractivity contribution in [2.45, 2.75) is 47.7 Å². The van der Waals surface area contributed by atoms with Crippen molar-refractivity contribution >= 4 is 39.3 Å². The number of alkyl halides is 3. The molecule has 1 heterocycles. The van der Waals surface area contributed by atoms with Crippen molar-refractivity contribution in [1.82, 2.24) is 9.78 Å². The standard InChI is InChI=1S/C22H19BrF3N3OS/c23-19-20(14-10-11-14)29(28-21(19)22(24,25)26)13-12-18(30)27-16-8-4-5-9-17(16)31-15-6-2-1-3-7-15/h1-9,14H,10-13H2,(H,27,30). The second-order valence-electron chi connectivity index (χ2n) is 7.25. The Bertz CT molecular complexity index is 1080. The third-order valence-corrected chi connectivity index (χ3v) is 6.71. The third kappa shape index (κ3) is 5.33. The first-order valence-electron chi connectivity index (χ1n) is 9.78. The van der Waals surface area contributed by atoms with Crippen molar-refractivity contribution < 1.29 is 18.0 Å². The van der Waals surface area contributed by atoms with Crippen molar-refractivity contribution in [1.29, 1.82) is 0 Å². The van der Waals surface area contributed by atoms with Crippen LogP contribution in [0.25, 0.3) is 0 Å². The summed E-state index contributed by atoms with van der Waals surface area (Å²) in [6, 6.07) is 17.2. The topological polar surface area (TPSA) is 46.9 Å². The molecule has 0 bridgehead atoms. The Morgan fingerprint density at radius 1 is 1.13 bits per heavy atom. The maximum Gasteiger partial charge on any atom is 0.436 e. The first-order chi connectivity index (χ1) is 14.8. The van der Waals surface area contributed by atoms with Crippen LogP contribution in [0.15, 0.2) is 68.9 Å². The summed E-state index contributed by atoms with van der Waals surface area (Å²) in [6.07, 6.45) is -2.85. The van der Waals surface area contributed by atoms with Gasteiger partial charge in [0, 0.05) is 22.1 Å². The third-order valence-electron chi connectivity index (χ3n) is 4.85. The quantitative estimate of drug-likeness (QED) is 0.384. The summed E-state index contributed by atoms with van der Waals surface area (Å²) in [6.45, 7) is 0.0837. The number of carbonyl (C=O) groups is 1. The molecule has 4 rings (SSSR count). The molecule has 1 fully saturated rings. The molecule has 31 heavy (non-hydrogen) atoms.